The molecule has 52 heavy (non-hydrogen) atoms. The molecule has 0 N–H and O–H groups in total. The van der Waals surface area contributed by atoms with Crippen LogP contribution in [0.15, 0.2) is 97.1 Å². The number of halogens is 4. The van der Waals surface area contributed by atoms with Gasteiger partial charge in [0.15, 0.2) is 0 Å². The predicted octanol–water partition coefficient (Wildman–Crippen LogP) is 9.06. The van der Waals surface area contributed by atoms with E-state index in [9.17, 15) is 0 Å². The van der Waals surface area contributed by atoms with E-state index in [0.717, 1.165) is 28.3 Å². The second-order valence-electron chi connectivity index (χ2n) is 15.7. The van der Waals surface area contributed by atoms with Crippen molar-refractivity contribution < 1.29 is 49.0 Å². The number of fused-ring (bicyclic) bond motifs is 3. The third-order valence-electron chi connectivity index (χ3n) is 9.78. The molecule has 0 saturated carbocycles. The first kappa shape index (κ1) is 46.3. The summed E-state index contributed by atoms with van der Waals surface area (Å²) in [7, 11) is 0. The van der Waals surface area contributed by atoms with Gasteiger partial charge in [-0.25, -0.2) is 12.2 Å². The van der Waals surface area contributed by atoms with Crippen LogP contribution in [0, 0.1) is 17.9 Å². The summed E-state index contributed by atoms with van der Waals surface area (Å²) < 4.78 is 1.76. The Bertz CT molecular complexity index is 1820. The summed E-state index contributed by atoms with van der Waals surface area (Å²) in [5.74, 6) is 1.71. The molecule has 1 aliphatic carbocycles. The maximum atomic E-state index is 6.20. The Labute approximate surface area is 352 Å². The van der Waals surface area contributed by atoms with Crippen LogP contribution in [0.2, 0.25) is 10.0 Å². The second kappa shape index (κ2) is 20.2. The van der Waals surface area contributed by atoms with Gasteiger partial charge in [-0.05, 0) is 68.5 Å². The fraction of sp³-hybridized carbons (Fsp3) is 0.362. The Morgan fingerprint density at radius 1 is 0.692 bits per heavy atom. The van der Waals surface area contributed by atoms with Crippen molar-refractivity contribution >= 4 is 48.0 Å². The minimum atomic E-state index is 0. The largest absolute Gasteiger partial charge is 1.00 e. The maximum Gasteiger partial charge on any atom is -0.109 e. The Kier molecular flexibility index (Phi) is 18.0. The molecule has 1 aliphatic rings. The van der Waals surface area contributed by atoms with Crippen molar-refractivity contribution in [1.82, 2.24) is 0 Å². The first-order valence-electron chi connectivity index (χ1n) is 18.1. The van der Waals surface area contributed by atoms with Crippen LogP contribution in [0.4, 0.5) is 0 Å². The molecule has 0 aliphatic heterocycles. The van der Waals surface area contributed by atoms with Crippen molar-refractivity contribution in [3.05, 3.63) is 124 Å². The molecular weight excluding hydrogens is 798 g/mol. The Balaban J connectivity index is 0.000000462. The molecule has 276 valence electrons. The van der Waals surface area contributed by atoms with Gasteiger partial charge in [0.1, 0.15) is 0 Å². The van der Waals surface area contributed by atoms with Crippen molar-refractivity contribution in [3.63, 3.8) is 0 Å². The molecule has 2 unspecified atom stereocenters. The van der Waals surface area contributed by atoms with E-state index in [2.05, 4.69) is 136 Å². The minimum absolute atomic E-state index is 0. The normalized spacial score (nSPS) is 13.3. The standard InChI is InChI=1S/C33H31Cl2.C9H18.C5H5.2ClH.Zr/c1-32(2,3)30-18-26-22(16-28(30)20-7-11-24(34)12-8-20)15-23-17-29(21-9-13-25(35)14-10-21)31(19-27(23)26)33(4,5)6;1-5-8(3)7-9(4)6-2;1-2-4-5-3-1;;;/h7-19H,1-6H3;8-9H,5-6H2,1-4H3;1-3H,4H2;2*1H;/q-1;;-1;;;+2/p-2. The van der Waals surface area contributed by atoms with Crippen molar-refractivity contribution in [2.45, 2.75) is 99.3 Å². The smallest absolute Gasteiger partial charge is 0.109 e. The molecule has 0 saturated heterocycles. The summed E-state index contributed by atoms with van der Waals surface area (Å²) in [6, 6.07) is 28.3. The average Bonchev–Trinajstić information content (AvgIpc) is 3.78. The number of rotatable bonds is 6. The van der Waals surface area contributed by atoms with Gasteiger partial charge in [0.2, 0.25) is 0 Å². The number of allylic oxidation sites excluding steroid dienone is 4. The molecule has 0 bridgehead atoms. The SMILES string of the molecule is CC(C)(C)c1cc2c(cc1-c1ccc(Cl)cc1)[cH-]c1cc(-c3ccc(Cl)cc3)c(C(C)(C)C)cc12.CCC(C)[C](=[Zr+2])C(C)CC.[C-]1=CC=CC1.[Cl-].[Cl-]. The van der Waals surface area contributed by atoms with E-state index < -0.39 is 0 Å². The summed E-state index contributed by atoms with van der Waals surface area (Å²) in [6.45, 7) is 23.0. The van der Waals surface area contributed by atoms with Crippen LogP contribution in [-0.2, 0) is 35.1 Å². The Morgan fingerprint density at radius 2 is 1.08 bits per heavy atom. The first-order valence-corrected chi connectivity index (χ1v) is 20.1. The van der Waals surface area contributed by atoms with E-state index in [1.165, 1.54) is 67.8 Å². The van der Waals surface area contributed by atoms with Crippen LogP contribution in [0.3, 0.4) is 0 Å². The molecule has 5 aromatic carbocycles. The molecule has 0 aromatic heterocycles. The van der Waals surface area contributed by atoms with Gasteiger partial charge in [0.25, 0.3) is 0 Å². The van der Waals surface area contributed by atoms with Gasteiger partial charge in [-0.3, -0.25) is 6.08 Å². The van der Waals surface area contributed by atoms with E-state index in [1.807, 2.05) is 36.4 Å². The van der Waals surface area contributed by atoms with Crippen LogP contribution < -0.4 is 24.8 Å². The van der Waals surface area contributed by atoms with Crippen molar-refractivity contribution in [3.8, 4) is 22.3 Å². The Morgan fingerprint density at radius 3 is 1.35 bits per heavy atom. The van der Waals surface area contributed by atoms with Gasteiger partial charge < -0.3 is 24.8 Å². The van der Waals surface area contributed by atoms with Gasteiger partial charge in [-0.1, -0.05) is 101 Å². The molecule has 0 amide bonds. The summed E-state index contributed by atoms with van der Waals surface area (Å²) in [4.78, 5) is 0. The van der Waals surface area contributed by atoms with E-state index >= 15 is 0 Å². The molecule has 2 atom stereocenters. The third kappa shape index (κ3) is 11.8. The quantitative estimate of drug-likeness (QED) is 0.150. The molecule has 0 nitrogen and oxygen atoms in total. The fourth-order valence-corrected chi connectivity index (χ4v) is 7.60. The molecule has 6 rings (SSSR count). The van der Waals surface area contributed by atoms with Gasteiger partial charge in [-0.15, -0.1) is 46.2 Å². The topological polar surface area (TPSA) is 0 Å². The van der Waals surface area contributed by atoms with Crippen LogP contribution >= 0.6 is 23.2 Å². The van der Waals surface area contributed by atoms with Crippen LogP contribution in [-0.4, -0.2) is 3.21 Å². The summed E-state index contributed by atoms with van der Waals surface area (Å²) in [5.41, 5.74) is 7.63. The molecule has 0 spiro atoms. The fourth-order valence-electron chi connectivity index (χ4n) is 6.35. The zero-order chi connectivity index (χ0) is 36.8. The molecular formula is C47H54Cl4Zr-2. The van der Waals surface area contributed by atoms with Gasteiger partial charge in [0, 0.05) is 10.0 Å². The van der Waals surface area contributed by atoms with Crippen molar-refractivity contribution in [2.24, 2.45) is 11.8 Å². The zero-order valence-electron chi connectivity index (χ0n) is 32.5. The van der Waals surface area contributed by atoms with E-state index in [4.69, 9.17) is 23.2 Å². The molecule has 0 fully saturated rings. The minimum Gasteiger partial charge on any atom is -1.00 e. The maximum absolute atomic E-state index is 6.20. The zero-order valence-corrected chi connectivity index (χ0v) is 38.0. The second-order valence-corrected chi connectivity index (χ2v) is 18.0. The van der Waals surface area contributed by atoms with Gasteiger partial charge >= 0.3 is 79.8 Å². The van der Waals surface area contributed by atoms with Crippen LogP contribution in [0.25, 0.3) is 43.8 Å². The molecule has 0 radical (unpaired) electrons. The number of hydrogen-bond donors (Lipinski definition) is 0. The predicted molar refractivity (Wildman–Crippen MR) is 221 cm³/mol. The van der Waals surface area contributed by atoms with Gasteiger partial charge in [0.05, 0.1) is 0 Å². The third-order valence-corrected chi connectivity index (χ3v) is 12.7. The summed E-state index contributed by atoms with van der Waals surface area (Å²) in [5, 5.41) is 6.69. The van der Waals surface area contributed by atoms with Crippen molar-refractivity contribution in [2.75, 3.05) is 0 Å². The first-order chi connectivity index (χ1) is 23.5. The number of hydrogen-bond acceptors (Lipinski definition) is 0. The summed E-state index contributed by atoms with van der Waals surface area (Å²) >= 11 is 14.0. The Hall–Kier alpha value is -1.86. The van der Waals surface area contributed by atoms with Gasteiger partial charge in [-0.2, -0.15) is 6.08 Å². The monoisotopic (exact) mass is 848 g/mol. The van der Waals surface area contributed by atoms with E-state index in [-0.39, 0.29) is 35.6 Å². The molecule has 0 heterocycles. The summed E-state index contributed by atoms with van der Waals surface area (Å²) in [6.07, 6.45) is 12.6. The molecule has 5 heteroatoms. The number of benzene rings is 4. The van der Waals surface area contributed by atoms with E-state index in [0.29, 0.717) is 0 Å². The molecule has 5 aromatic rings. The van der Waals surface area contributed by atoms with E-state index in [1.54, 1.807) is 27.4 Å². The van der Waals surface area contributed by atoms with Crippen LogP contribution in [0.1, 0.15) is 99.6 Å². The van der Waals surface area contributed by atoms with Crippen LogP contribution in [0.5, 0.6) is 0 Å². The average molecular weight is 852 g/mol. The van der Waals surface area contributed by atoms with Crippen molar-refractivity contribution in [1.29, 1.82) is 0 Å².